The first kappa shape index (κ1) is 13.9. The zero-order valence-corrected chi connectivity index (χ0v) is 11.9. The summed E-state index contributed by atoms with van der Waals surface area (Å²) in [6.45, 7) is 4.54. The summed E-state index contributed by atoms with van der Waals surface area (Å²) >= 11 is 0. The van der Waals surface area contributed by atoms with E-state index >= 15 is 0 Å². The number of benzene rings is 1. The van der Waals surface area contributed by atoms with Gasteiger partial charge < -0.3 is 11.1 Å². The van der Waals surface area contributed by atoms with Gasteiger partial charge in [-0.1, -0.05) is 32.0 Å². The van der Waals surface area contributed by atoms with E-state index in [0.29, 0.717) is 24.3 Å². The van der Waals surface area contributed by atoms with E-state index in [4.69, 9.17) is 5.73 Å². The summed E-state index contributed by atoms with van der Waals surface area (Å²) in [5.74, 6) is 0.144. The molecule has 0 bridgehead atoms. The number of amides is 1. The molecule has 0 spiro atoms. The predicted molar refractivity (Wildman–Crippen MR) is 78.7 cm³/mol. The normalized spacial score (nSPS) is 21.3. The molecule has 19 heavy (non-hydrogen) atoms. The molecule has 3 nitrogen and oxygen atoms in total. The Morgan fingerprint density at radius 1 is 1.42 bits per heavy atom. The van der Waals surface area contributed by atoms with Gasteiger partial charge in [-0.2, -0.15) is 0 Å². The van der Waals surface area contributed by atoms with Gasteiger partial charge in [-0.05, 0) is 42.7 Å². The van der Waals surface area contributed by atoms with E-state index in [9.17, 15) is 4.79 Å². The molecule has 1 aromatic rings. The third kappa shape index (κ3) is 3.98. The molecule has 1 aliphatic rings. The summed E-state index contributed by atoms with van der Waals surface area (Å²) in [5, 5.41) is 3.14. The number of nitrogens with one attached hydrogen (secondary N) is 1. The van der Waals surface area contributed by atoms with Crippen LogP contribution in [0.3, 0.4) is 0 Å². The first-order valence-corrected chi connectivity index (χ1v) is 7.09. The molecule has 0 radical (unpaired) electrons. The molecular formula is C16H24N2O. The fraction of sp³-hybridized carbons (Fsp3) is 0.562. The van der Waals surface area contributed by atoms with Crippen LogP contribution in [0.15, 0.2) is 24.3 Å². The molecule has 3 heteroatoms. The number of hydrogen-bond acceptors (Lipinski definition) is 2. The zero-order valence-electron chi connectivity index (χ0n) is 11.9. The number of aryl methyl sites for hydroxylation is 1. The molecular weight excluding hydrogens is 236 g/mol. The number of rotatable bonds is 4. The first-order chi connectivity index (χ1) is 8.96. The molecule has 0 heterocycles. The number of nitrogen functional groups attached to an aromatic ring is 1. The molecule has 1 aromatic carbocycles. The van der Waals surface area contributed by atoms with Crippen LogP contribution in [0.4, 0.5) is 5.69 Å². The Labute approximate surface area is 115 Å². The highest BCUT2D eigenvalue weighted by atomic mass is 16.1. The number of carbonyl (C=O) groups excluding carboxylic acids is 1. The van der Waals surface area contributed by atoms with Crippen molar-refractivity contribution in [1.82, 2.24) is 5.32 Å². The minimum atomic E-state index is 0.144. The van der Waals surface area contributed by atoms with Gasteiger partial charge in [0.1, 0.15) is 0 Å². The van der Waals surface area contributed by atoms with Crippen molar-refractivity contribution in [3.05, 3.63) is 29.8 Å². The monoisotopic (exact) mass is 260 g/mol. The third-order valence-corrected chi connectivity index (χ3v) is 4.01. The standard InChI is InChI=1S/C16H24N2O/c1-16(2)10-9-13(11-16)18-15(19)8-7-12-5-3-4-6-14(12)17/h3-6,13H,7-11,17H2,1-2H3,(H,18,19). The summed E-state index contributed by atoms with van der Waals surface area (Å²) in [6.07, 6.45) is 4.63. The van der Waals surface area contributed by atoms with E-state index < -0.39 is 0 Å². The van der Waals surface area contributed by atoms with E-state index in [1.165, 1.54) is 6.42 Å². The fourth-order valence-electron chi connectivity index (χ4n) is 2.87. The Hall–Kier alpha value is -1.51. The van der Waals surface area contributed by atoms with Crippen molar-refractivity contribution in [2.45, 2.75) is 52.0 Å². The van der Waals surface area contributed by atoms with E-state index in [-0.39, 0.29) is 5.91 Å². The van der Waals surface area contributed by atoms with E-state index in [1.807, 2.05) is 24.3 Å². The topological polar surface area (TPSA) is 55.1 Å². The highest BCUT2D eigenvalue weighted by molar-refractivity contribution is 5.76. The summed E-state index contributed by atoms with van der Waals surface area (Å²) < 4.78 is 0. The van der Waals surface area contributed by atoms with Gasteiger partial charge in [0.05, 0.1) is 0 Å². The molecule has 0 aliphatic heterocycles. The Morgan fingerprint density at radius 2 is 2.16 bits per heavy atom. The van der Waals surface area contributed by atoms with Gasteiger partial charge in [0.25, 0.3) is 0 Å². The number of hydrogen-bond donors (Lipinski definition) is 2. The van der Waals surface area contributed by atoms with Gasteiger partial charge in [0, 0.05) is 18.2 Å². The molecule has 0 aromatic heterocycles. The summed E-state index contributed by atoms with van der Waals surface area (Å²) in [7, 11) is 0. The van der Waals surface area contributed by atoms with Crippen LogP contribution in [0.1, 0.15) is 45.1 Å². The molecule has 104 valence electrons. The van der Waals surface area contributed by atoms with Crippen LogP contribution < -0.4 is 11.1 Å². The maximum absolute atomic E-state index is 11.9. The van der Waals surface area contributed by atoms with E-state index in [2.05, 4.69) is 19.2 Å². The summed E-state index contributed by atoms with van der Waals surface area (Å²) in [6, 6.07) is 8.10. The first-order valence-electron chi connectivity index (χ1n) is 7.09. The van der Waals surface area contributed by atoms with Gasteiger partial charge in [-0.25, -0.2) is 0 Å². The Kier molecular flexibility index (Phi) is 4.13. The highest BCUT2D eigenvalue weighted by Gasteiger charge is 2.31. The van der Waals surface area contributed by atoms with Crippen molar-refractivity contribution in [2.24, 2.45) is 5.41 Å². The molecule has 3 N–H and O–H groups in total. The molecule has 1 amide bonds. The molecule has 2 rings (SSSR count). The Bertz CT molecular complexity index is 454. The van der Waals surface area contributed by atoms with Crippen molar-refractivity contribution in [3.63, 3.8) is 0 Å². The average Bonchev–Trinajstić information content (AvgIpc) is 2.67. The van der Waals surface area contributed by atoms with E-state index in [0.717, 1.165) is 24.1 Å². The van der Waals surface area contributed by atoms with Crippen molar-refractivity contribution < 1.29 is 4.79 Å². The molecule has 1 saturated carbocycles. The molecule has 1 fully saturated rings. The molecule has 1 unspecified atom stereocenters. The van der Waals surface area contributed by atoms with Gasteiger partial charge in [0.15, 0.2) is 0 Å². The molecule has 1 aliphatic carbocycles. The van der Waals surface area contributed by atoms with Crippen molar-refractivity contribution in [3.8, 4) is 0 Å². The Balaban J connectivity index is 1.78. The third-order valence-electron chi connectivity index (χ3n) is 4.01. The van der Waals surface area contributed by atoms with Crippen LogP contribution in [0.25, 0.3) is 0 Å². The lowest BCUT2D eigenvalue weighted by Gasteiger charge is -2.18. The SMILES string of the molecule is CC1(C)CCC(NC(=O)CCc2ccccc2N)C1. The number of nitrogens with two attached hydrogens (primary N) is 1. The quantitative estimate of drug-likeness (QED) is 0.818. The smallest absolute Gasteiger partial charge is 0.220 e. The number of carbonyl (C=O) groups is 1. The summed E-state index contributed by atoms with van der Waals surface area (Å²) in [4.78, 5) is 11.9. The van der Waals surface area contributed by atoms with Crippen LogP contribution in [-0.4, -0.2) is 11.9 Å². The second-order valence-electron chi connectivity index (χ2n) is 6.37. The Morgan fingerprint density at radius 3 is 2.79 bits per heavy atom. The predicted octanol–water partition coefficient (Wildman–Crippen LogP) is 2.90. The maximum atomic E-state index is 11.9. The zero-order chi connectivity index (χ0) is 13.9. The van der Waals surface area contributed by atoms with Gasteiger partial charge >= 0.3 is 0 Å². The fourth-order valence-corrected chi connectivity index (χ4v) is 2.87. The van der Waals surface area contributed by atoms with Gasteiger partial charge in [-0.15, -0.1) is 0 Å². The van der Waals surface area contributed by atoms with Crippen molar-refractivity contribution in [1.29, 1.82) is 0 Å². The lowest BCUT2D eigenvalue weighted by Crippen LogP contribution is -2.33. The minimum absolute atomic E-state index is 0.144. The number of para-hydroxylation sites is 1. The second kappa shape index (κ2) is 5.64. The van der Waals surface area contributed by atoms with Gasteiger partial charge in [-0.3, -0.25) is 4.79 Å². The molecule has 0 saturated heterocycles. The van der Waals surface area contributed by atoms with E-state index in [1.54, 1.807) is 0 Å². The van der Waals surface area contributed by atoms with Crippen LogP contribution in [-0.2, 0) is 11.2 Å². The van der Waals surface area contributed by atoms with Crippen molar-refractivity contribution in [2.75, 3.05) is 5.73 Å². The highest BCUT2D eigenvalue weighted by Crippen LogP contribution is 2.36. The van der Waals surface area contributed by atoms with Crippen LogP contribution in [0.5, 0.6) is 0 Å². The molecule has 1 atom stereocenters. The number of anilines is 1. The minimum Gasteiger partial charge on any atom is -0.399 e. The largest absolute Gasteiger partial charge is 0.399 e. The lowest BCUT2D eigenvalue weighted by atomic mass is 9.92. The van der Waals surface area contributed by atoms with Gasteiger partial charge in [0.2, 0.25) is 5.91 Å². The van der Waals surface area contributed by atoms with Crippen molar-refractivity contribution >= 4 is 11.6 Å². The maximum Gasteiger partial charge on any atom is 0.220 e. The van der Waals surface area contributed by atoms with Crippen LogP contribution in [0, 0.1) is 5.41 Å². The second-order valence-corrected chi connectivity index (χ2v) is 6.37. The van der Waals surface area contributed by atoms with Crippen LogP contribution in [0.2, 0.25) is 0 Å². The summed E-state index contributed by atoms with van der Waals surface area (Å²) in [5.41, 5.74) is 8.09. The average molecular weight is 260 g/mol. The lowest BCUT2D eigenvalue weighted by molar-refractivity contribution is -0.121. The van der Waals surface area contributed by atoms with Crippen LogP contribution >= 0.6 is 0 Å².